The molecule has 0 saturated carbocycles. The second-order valence-corrected chi connectivity index (χ2v) is 9.25. The molecule has 0 radical (unpaired) electrons. The molecule has 2 atom stereocenters. The van der Waals surface area contributed by atoms with E-state index in [0.29, 0.717) is 29.8 Å². The number of carbonyl (C=O) groups is 1. The van der Waals surface area contributed by atoms with Crippen LogP contribution in [-0.2, 0) is 11.3 Å². The molecule has 1 aromatic heterocycles. The number of benzene rings is 2. The molecule has 5 rings (SSSR count). The lowest BCUT2D eigenvalue weighted by atomic mass is 9.99. The van der Waals surface area contributed by atoms with Gasteiger partial charge in [-0.05, 0) is 38.1 Å². The van der Waals surface area contributed by atoms with Crippen LogP contribution in [0.5, 0.6) is 5.75 Å². The molecule has 7 nitrogen and oxygen atoms in total. The number of carbonyl (C=O) groups excluding carboxylic acids is 1. The fourth-order valence-electron chi connectivity index (χ4n) is 4.96. The summed E-state index contributed by atoms with van der Waals surface area (Å²) in [6.45, 7) is 8.76. The van der Waals surface area contributed by atoms with Gasteiger partial charge in [-0.25, -0.2) is 13.6 Å². The normalized spacial score (nSPS) is 19.6. The maximum Gasteiger partial charge on any atom is 0.350 e. The van der Waals surface area contributed by atoms with Gasteiger partial charge in [-0.1, -0.05) is 18.2 Å². The number of hydrogen-bond acceptors (Lipinski definition) is 5. The smallest absolute Gasteiger partial charge is 0.350 e. The molecule has 35 heavy (non-hydrogen) atoms. The molecule has 3 aromatic rings. The molecule has 2 aromatic carbocycles. The summed E-state index contributed by atoms with van der Waals surface area (Å²) in [7, 11) is 0. The number of ether oxygens (including phenoxy) is 1. The van der Waals surface area contributed by atoms with Crippen molar-refractivity contribution in [2.45, 2.75) is 32.5 Å². The quantitative estimate of drug-likeness (QED) is 0.509. The SMILES string of the molecule is C=CC(=O)N1C[C@H](C)N(c2nc(=O)n3c4c(c(-c5ccc(F)cc5F)c(Cl)cc24)OCC3)C[C@H]1C. The summed E-state index contributed by atoms with van der Waals surface area (Å²) in [4.78, 5) is 33.5. The summed E-state index contributed by atoms with van der Waals surface area (Å²) < 4.78 is 35.7. The van der Waals surface area contributed by atoms with Gasteiger partial charge in [0.15, 0.2) is 5.75 Å². The van der Waals surface area contributed by atoms with E-state index >= 15 is 0 Å². The monoisotopic (exact) mass is 500 g/mol. The van der Waals surface area contributed by atoms with Crippen LogP contribution in [0, 0.1) is 11.6 Å². The molecule has 10 heteroatoms. The summed E-state index contributed by atoms with van der Waals surface area (Å²) in [5.41, 5.74) is 0.323. The van der Waals surface area contributed by atoms with Crippen molar-refractivity contribution in [1.29, 1.82) is 0 Å². The van der Waals surface area contributed by atoms with Gasteiger partial charge in [0.2, 0.25) is 5.91 Å². The minimum Gasteiger partial charge on any atom is -0.489 e. The molecule has 0 N–H and O–H groups in total. The van der Waals surface area contributed by atoms with E-state index in [1.165, 1.54) is 16.7 Å². The van der Waals surface area contributed by atoms with E-state index in [1.54, 1.807) is 11.0 Å². The standard InChI is InChI=1S/C25H23ClF2N4O3/c1-4-20(33)31-11-14(3)32(12-13(31)2)24-17-10-18(26)21(16-6-5-15(27)9-19(16)28)23-22(17)30(7-8-35-23)25(34)29-24/h4-6,9-10,13-14H,1,7-8,11-12H2,2-3H3/t13-,14+/m1/s1. The van der Waals surface area contributed by atoms with Crippen molar-refractivity contribution in [3.63, 3.8) is 0 Å². The highest BCUT2D eigenvalue weighted by molar-refractivity contribution is 6.35. The van der Waals surface area contributed by atoms with Crippen LogP contribution >= 0.6 is 11.6 Å². The molecule has 0 aliphatic carbocycles. The first kappa shape index (κ1) is 23.3. The highest BCUT2D eigenvalue weighted by Gasteiger charge is 2.34. The zero-order valence-corrected chi connectivity index (χ0v) is 20.0. The fourth-order valence-corrected chi connectivity index (χ4v) is 5.25. The van der Waals surface area contributed by atoms with Crippen LogP contribution in [0.3, 0.4) is 0 Å². The number of halogens is 3. The van der Waals surface area contributed by atoms with Crippen LogP contribution < -0.4 is 15.3 Å². The molecule has 2 aliphatic rings. The second-order valence-electron chi connectivity index (χ2n) is 8.85. The lowest BCUT2D eigenvalue weighted by Gasteiger charge is -2.44. The summed E-state index contributed by atoms with van der Waals surface area (Å²) in [6.07, 6.45) is 1.29. The predicted molar refractivity (Wildman–Crippen MR) is 130 cm³/mol. The molecular formula is C25H23ClF2N4O3. The zero-order chi connectivity index (χ0) is 25.0. The average Bonchev–Trinajstić information content (AvgIpc) is 2.83. The van der Waals surface area contributed by atoms with Crippen molar-refractivity contribution in [3.8, 4) is 16.9 Å². The molecule has 1 saturated heterocycles. The molecule has 2 aliphatic heterocycles. The van der Waals surface area contributed by atoms with E-state index in [0.717, 1.165) is 12.1 Å². The number of nitrogens with zero attached hydrogens (tertiary/aromatic N) is 4. The molecular weight excluding hydrogens is 478 g/mol. The zero-order valence-electron chi connectivity index (χ0n) is 19.2. The van der Waals surface area contributed by atoms with Crippen LogP contribution in [0.15, 0.2) is 41.7 Å². The van der Waals surface area contributed by atoms with Gasteiger partial charge in [-0.15, -0.1) is 0 Å². The van der Waals surface area contributed by atoms with Gasteiger partial charge < -0.3 is 14.5 Å². The highest BCUT2D eigenvalue weighted by atomic mass is 35.5. The molecule has 0 spiro atoms. The Kier molecular flexibility index (Phi) is 5.75. The van der Waals surface area contributed by atoms with Gasteiger partial charge in [0.1, 0.15) is 24.1 Å². The van der Waals surface area contributed by atoms with Crippen LogP contribution in [0.4, 0.5) is 14.6 Å². The van der Waals surface area contributed by atoms with Gasteiger partial charge in [-0.2, -0.15) is 4.98 Å². The fraction of sp³-hybridized carbons (Fsp3) is 0.320. The van der Waals surface area contributed by atoms with Crippen molar-refractivity contribution < 1.29 is 18.3 Å². The third-order valence-corrected chi connectivity index (χ3v) is 6.93. The first-order valence-electron chi connectivity index (χ1n) is 11.3. The van der Waals surface area contributed by atoms with Crippen molar-refractivity contribution in [3.05, 3.63) is 64.1 Å². The minimum atomic E-state index is -0.787. The number of rotatable bonds is 3. The molecule has 182 valence electrons. The number of aromatic nitrogens is 2. The first-order chi connectivity index (χ1) is 16.7. The van der Waals surface area contributed by atoms with Crippen LogP contribution in [0.1, 0.15) is 13.8 Å². The lowest BCUT2D eigenvalue weighted by Crippen LogP contribution is -2.58. The van der Waals surface area contributed by atoms with Gasteiger partial charge in [-0.3, -0.25) is 9.36 Å². The van der Waals surface area contributed by atoms with E-state index in [9.17, 15) is 18.4 Å². The molecule has 1 amide bonds. The van der Waals surface area contributed by atoms with E-state index in [2.05, 4.69) is 11.6 Å². The van der Waals surface area contributed by atoms with Gasteiger partial charge in [0.05, 0.1) is 17.1 Å². The van der Waals surface area contributed by atoms with Crippen molar-refractivity contribution in [2.75, 3.05) is 24.6 Å². The van der Waals surface area contributed by atoms with E-state index in [-0.39, 0.29) is 53.0 Å². The van der Waals surface area contributed by atoms with Crippen molar-refractivity contribution >= 4 is 34.2 Å². The Morgan fingerprint density at radius 1 is 1.23 bits per heavy atom. The largest absolute Gasteiger partial charge is 0.489 e. The molecule has 0 bridgehead atoms. The average molecular weight is 501 g/mol. The Hall–Kier alpha value is -3.46. The van der Waals surface area contributed by atoms with Crippen molar-refractivity contribution in [1.82, 2.24) is 14.5 Å². The maximum atomic E-state index is 14.7. The Bertz CT molecular complexity index is 1440. The lowest BCUT2D eigenvalue weighted by molar-refractivity contribution is -0.128. The number of hydrogen-bond donors (Lipinski definition) is 0. The third-order valence-electron chi connectivity index (χ3n) is 6.63. The van der Waals surface area contributed by atoms with Crippen LogP contribution in [0.2, 0.25) is 5.02 Å². The maximum absolute atomic E-state index is 14.7. The summed E-state index contributed by atoms with van der Waals surface area (Å²) >= 11 is 6.67. The van der Waals surface area contributed by atoms with Crippen molar-refractivity contribution in [2.24, 2.45) is 0 Å². The molecule has 3 heterocycles. The Morgan fingerprint density at radius 2 is 2.00 bits per heavy atom. The number of anilines is 1. The van der Waals surface area contributed by atoms with Crippen LogP contribution in [0.25, 0.3) is 22.0 Å². The van der Waals surface area contributed by atoms with E-state index in [1.807, 2.05) is 18.7 Å². The highest BCUT2D eigenvalue weighted by Crippen LogP contribution is 2.46. The topological polar surface area (TPSA) is 67.7 Å². The first-order valence-corrected chi connectivity index (χ1v) is 11.6. The third kappa shape index (κ3) is 3.74. The summed E-state index contributed by atoms with van der Waals surface area (Å²) in [5.74, 6) is -0.975. The summed E-state index contributed by atoms with van der Waals surface area (Å²) in [6, 6.07) is 4.57. The Balaban J connectivity index is 1.72. The van der Waals surface area contributed by atoms with Gasteiger partial charge in [0, 0.05) is 47.8 Å². The molecule has 1 fully saturated rings. The van der Waals surface area contributed by atoms with Gasteiger partial charge >= 0.3 is 5.69 Å². The minimum absolute atomic E-state index is 0.0751. The van der Waals surface area contributed by atoms with Crippen LogP contribution in [-0.4, -0.2) is 52.1 Å². The van der Waals surface area contributed by atoms with Gasteiger partial charge in [0.25, 0.3) is 0 Å². The van der Waals surface area contributed by atoms with E-state index in [4.69, 9.17) is 16.3 Å². The number of piperazine rings is 1. The Morgan fingerprint density at radius 3 is 2.71 bits per heavy atom. The predicted octanol–water partition coefficient (Wildman–Crippen LogP) is 4.00. The van der Waals surface area contributed by atoms with E-state index < -0.39 is 17.3 Å². The molecule has 0 unspecified atom stereocenters. The number of amides is 1. The summed E-state index contributed by atoms with van der Waals surface area (Å²) in [5, 5.41) is 0.771. The Labute approximate surface area is 205 Å². The second kappa shape index (κ2) is 8.64.